The summed E-state index contributed by atoms with van der Waals surface area (Å²) in [6.45, 7) is 4.81. The fraction of sp³-hybridized carbons (Fsp3) is 0.0714. The normalized spacial score (nSPS) is 12.9. The topological polar surface area (TPSA) is 63.2 Å². The monoisotopic (exact) mass is 311 g/mol. The van der Waals surface area contributed by atoms with Crippen molar-refractivity contribution in [2.45, 2.75) is 6.92 Å². The van der Waals surface area contributed by atoms with Gasteiger partial charge < -0.3 is 5.32 Å². The van der Waals surface area contributed by atoms with Gasteiger partial charge in [-0.3, -0.25) is 4.79 Å². The molecule has 0 aromatic heterocycles. The molecule has 4 nitrogen and oxygen atoms in total. The van der Waals surface area contributed by atoms with Crippen LogP contribution in [0.25, 0.3) is 0 Å². The Hall–Kier alpha value is -1.85. The molecular formula is C14H14ClNO3S. The minimum Gasteiger partial charge on any atom is -0.322 e. The van der Waals surface area contributed by atoms with E-state index in [-0.39, 0.29) is 10.5 Å². The summed E-state index contributed by atoms with van der Waals surface area (Å²) in [5.74, 6) is -0.448. The molecule has 1 aromatic rings. The average Bonchev–Trinajstić information content (AvgIpc) is 2.38. The maximum absolute atomic E-state index is 12.1. The van der Waals surface area contributed by atoms with Crippen LogP contribution >= 0.6 is 10.7 Å². The highest BCUT2D eigenvalue weighted by atomic mass is 35.7. The molecule has 106 valence electrons. The van der Waals surface area contributed by atoms with Crippen LogP contribution in [0.3, 0.4) is 0 Å². The summed E-state index contributed by atoms with van der Waals surface area (Å²) in [7, 11) is 1.37. The van der Waals surface area contributed by atoms with Gasteiger partial charge in [0.05, 0.1) is 4.91 Å². The van der Waals surface area contributed by atoms with Crippen molar-refractivity contribution in [3.8, 4) is 0 Å². The van der Waals surface area contributed by atoms with Gasteiger partial charge in [0.25, 0.3) is 15.0 Å². The molecular weight excluding hydrogens is 298 g/mol. The van der Waals surface area contributed by atoms with E-state index in [0.29, 0.717) is 5.69 Å². The highest BCUT2D eigenvalue weighted by molar-refractivity contribution is 8.16. The first-order valence-electron chi connectivity index (χ1n) is 5.66. The largest absolute Gasteiger partial charge is 0.322 e. The number of halogens is 1. The van der Waals surface area contributed by atoms with Gasteiger partial charge in [0.15, 0.2) is 0 Å². The molecule has 1 aromatic carbocycles. The van der Waals surface area contributed by atoms with Crippen LogP contribution in [0, 0.1) is 0 Å². The van der Waals surface area contributed by atoms with E-state index < -0.39 is 15.0 Å². The maximum atomic E-state index is 12.1. The number of amides is 1. The third-order valence-corrected chi connectivity index (χ3v) is 3.95. The number of rotatable bonds is 5. The van der Waals surface area contributed by atoms with Gasteiger partial charge in [-0.25, -0.2) is 8.42 Å². The summed E-state index contributed by atoms with van der Waals surface area (Å²) in [6.07, 6.45) is 4.00. The van der Waals surface area contributed by atoms with Crippen LogP contribution in [0.2, 0.25) is 0 Å². The van der Waals surface area contributed by atoms with E-state index in [0.717, 1.165) is 0 Å². The summed E-state index contributed by atoms with van der Waals surface area (Å²) in [6, 6.07) is 8.81. The molecule has 0 aliphatic carbocycles. The quantitative estimate of drug-likeness (QED) is 0.516. The summed E-state index contributed by atoms with van der Waals surface area (Å²) in [4.78, 5) is 11.9. The van der Waals surface area contributed by atoms with Gasteiger partial charge >= 0.3 is 0 Å². The molecule has 1 N–H and O–H groups in total. The molecule has 1 amide bonds. The summed E-state index contributed by atoms with van der Waals surface area (Å²) < 4.78 is 22.3. The fourth-order valence-electron chi connectivity index (χ4n) is 1.33. The Bertz CT molecular complexity index is 661. The first kappa shape index (κ1) is 16.2. The van der Waals surface area contributed by atoms with Crippen LogP contribution < -0.4 is 5.32 Å². The minimum absolute atomic E-state index is 0.115. The molecule has 1 rings (SSSR count). The molecule has 0 radical (unpaired) electrons. The molecule has 0 aliphatic rings. The van der Waals surface area contributed by atoms with Crippen LogP contribution in [0.1, 0.15) is 6.92 Å². The van der Waals surface area contributed by atoms with E-state index in [9.17, 15) is 13.2 Å². The second kappa shape index (κ2) is 7.07. The van der Waals surface area contributed by atoms with Crippen molar-refractivity contribution in [3.05, 3.63) is 65.6 Å². The first-order chi connectivity index (χ1) is 9.34. The summed E-state index contributed by atoms with van der Waals surface area (Å²) >= 11 is 0. The van der Waals surface area contributed by atoms with E-state index in [1.165, 1.54) is 25.2 Å². The number of benzene rings is 1. The Balaban J connectivity index is 3.02. The van der Waals surface area contributed by atoms with E-state index in [1.807, 2.05) is 6.07 Å². The van der Waals surface area contributed by atoms with Gasteiger partial charge in [-0.05, 0) is 25.1 Å². The van der Waals surface area contributed by atoms with Crippen molar-refractivity contribution in [1.82, 2.24) is 0 Å². The lowest BCUT2D eigenvalue weighted by Gasteiger charge is -2.06. The minimum atomic E-state index is -3.84. The number of para-hydroxylation sites is 1. The lowest BCUT2D eigenvalue weighted by atomic mass is 10.2. The number of carbonyl (C=O) groups excluding carboxylic acids is 1. The zero-order chi connectivity index (χ0) is 15.2. The van der Waals surface area contributed by atoms with Gasteiger partial charge in [0.2, 0.25) is 0 Å². The van der Waals surface area contributed by atoms with E-state index >= 15 is 0 Å². The molecule has 0 bridgehead atoms. The number of nitrogens with one attached hydrogen (secondary N) is 1. The Labute approximate surface area is 122 Å². The summed E-state index contributed by atoms with van der Waals surface area (Å²) in [5, 5.41) is 2.65. The van der Waals surface area contributed by atoms with Crippen LogP contribution in [-0.4, -0.2) is 14.3 Å². The third kappa shape index (κ3) is 5.03. The summed E-state index contributed by atoms with van der Waals surface area (Å²) in [5.41, 5.74) is 0.748. The number of hydrogen-bond acceptors (Lipinski definition) is 3. The molecule has 0 aliphatic heterocycles. The van der Waals surface area contributed by atoms with Crippen molar-refractivity contribution in [2.75, 3.05) is 5.32 Å². The van der Waals surface area contributed by atoms with Crippen molar-refractivity contribution < 1.29 is 13.2 Å². The average molecular weight is 312 g/mol. The van der Waals surface area contributed by atoms with Gasteiger partial charge in [0.1, 0.15) is 0 Å². The highest BCUT2D eigenvalue weighted by Gasteiger charge is 2.13. The van der Waals surface area contributed by atoms with Crippen LogP contribution in [0.15, 0.2) is 65.6 Å². The van der Waals surface area contributed by atoms with E-state index in [1.54, 1.807) is 24.3 Å². The van der Waals surface area contributed by atoms with Crippen molar-refractivity contribution in [3.63, 3.8) is 0 Å². The molecule has 0 spiro atoms. The highest BCUT2D eigenvalue weighted by Crippen LogP contribution is 2.15. The van der Waals surface area contributed by atoms with Crippen LogP contribution in [0.4, 0.5) is 5.69 Å². The third-order valence-electron chi connectivity index (χ3n) is 2.33. The van der Waals surface area contributed by atoms with Crippen molar-refractivity contribution in [1.29, 1.82) is 0 Å². The zero-order valence-corrected chi connectivity index (χ0v) is 12.4. The van der Waals surface area contributed by atoms with Gasteiger partial charge in [-0.15, -0.1) is 0 Å². The molecule has 0 saturated heterocycles. The number of hydrogen-bond donors (Lipinski definition) is 1. The van der Waals surface area contributed by atoms with Gasteiger partial charge in [-0.1, -0.05) is 36.9 Å². The molecule has 0 atom stereocenters. The van der Waals surface area contributed by atoms with Gasteiger partial charge in [-0.2, -0.15) is 0 Å². The lowest BCUT2D eigenvalue weighted by Crippen LogP contribution is -2.13. The maximum Gasteiger partial charge on any atom is 0.257 e. The van der Waals surface area contributed by atoms with Gasteiger partial charge in [0, 0.05) is 21.9 Å². The van der Waals surface area contributed by atoms with Crippen LogP contribution in [-0.2, 0) is 13.8 Å². The molecule has 0 fully saturated rings. The zero-order valence-electron chi connectivity index (χ0n) is 10.8. The number of carbonyl (C=O) groups is 1. The van der Waals surface area contributed by atoms with Crippen LogP contribution in [0.5, 0.6) is 0 Å². The van der Waals surface area contributed by atoms with E-state index in [4.69, 9.17) is 10.7 Å². The molecule has 0 saturated carbocycles. The van der Waals surface area contributed by atoms with E-state index in [2.05, 4.69) is 11.9 Å². The second-order valence-electron chi connectivity index (χ2n) is 3.87. The standard InChI is InChI=1S/C14H14ClNO3S/c1-3-7-12(10-11(2)20(15,18)19)14(17)16-13-8-5-4-6-9-13/h3-10H,1H2,2H3,(H,16,17)/b11-10+,12-7+. The number of allylic oxidation sites excluding steroid dienone is 3. The van der Waals surface area contributed by atoms with Crippen molar-refractivity contribution >= 4 is 31.3 Å². The number of anilines is 1. The predicted octanol–water partition coefficient (Wildman–Crippen LogP) is 3.21. The first-order valence-corrected chi connectivity index (χ1v) is 7.97. The van der Waals surface area contributed by atoms with Crippen molar-refractivity contribution in [2.24, 2.45) is 0 Å². The second-order valence-corrected chi connectivity index (χ2v) is 6.61. The predicted molar refractivity (Wildman–Crippen MR) is 81.9 cm³/mol. The fourth-order valence-corrected chi connectivity index (χ4v) is 1.73. The Morgan fingerprint density at radius 3 is 2.40 bits per heavy atom. The SMILES string of the molecule is C=C/C=C(\C=C(/C)S(=O)(=O)Cl)C(=O)Nc1ccccc1. The molecule has 6 heteroatoms. The Morgan fingerprint density at radius 2 is 1.90 bits per heavy atom. The molecule has 0 heterocycles. The Kier molecular flexibility index (Phi) is 5.73. The smallest absolute Gasteiger partial charge is 0.257 e. The molecule has 20 heavy (non-hydrogen) atoms. The molecule has 0 unspecified atom stereocenters. The lowest BCUT2D eigenvalue weighted by molar-refractivity contribution is -0.112. The Morgan fingerprint density at radius 1 is 1.30 bits per heavy atom.